The lowest BCUT2D eigenvalue weighted by molar-refractivity contribution is -0.384. The number of hydrogen-bond donors (Lipinski definition) is 4. The molecule has 40 heavy (non-hydrogen) atoms. The van der Waals surface area contributed by atoms with Crippen LogP contribution in [0.25, 0.3) is 0 Å². The average molecular weight is 659 g/mol. The van der Waals surface area contributed by atoms with Crippen LogP contribution < -0.4 is 16.0 Å². The molecule has 4 atom stereocenters. The van der Waals surface area contributed by atoms with Gasteiger partial charge in [-0.2, -0.15) is 12.6 Å². The SMILES string of the molecule is CC(=O)S[C@@H]1C[C@@H](C(S)C(C)C(=O)NCNC(=O)NC(=O)C(Cl)(Cl)Cl)N(C(=O)OCc2ccc([N+](=O)[O-])cc2)C1. The molecule has 0 spiro atoms. The number of carbonyl (C=O) groups excluding carboxylic acids is 5. The maximum atomic E-state index is 13.0. The molecule has 13 nitrogen and oxygen atoms in total. The predicted molar refractivity (Wildman–Crippen MR) is 152 cm³/mol. The highest BCUT2D eigenvalue weighted by Crippen LogP contribution is 2.34. The van der Waals surface area contributed by atoms with Crippen LogP contribution in [0.2, 0.25) is 0 Å². The van der Waals surface area contributed by atoms with Gasteiger partial charge in [-0.3, -0.25) is 29.8 Å². The summed E-state index contributed by atoms with van der Waals surface area (Å²) in [5.41, 5.74) is 0.433. The molecule has 1 aliphatic rings. The van der Waals surface area contributed by atoms with Crippen molar-refractivity contribution in [3.05, 3.63) is 39.9 Å². The van der Waals surface area contributed by atoms with Gasteiger partial charge in [0, 0.05) is 48.1 Å². The van der Waals surface area contributed by atoms with Crippen molar-refractivity contribution < 1.29 is 33.6 Å². The van der Waals surface area contributed by atoms with E-state index in [1.807, 2.05) is 0 Å². The van der Waals surface area contributed by atoms with Crippen LogP contribution in [-0.2, 0) is 25.7 Å². The van der Waals surface area contributed by atoms with E-state index >= 15 is 0 Å². The number of thioether (sulfide) groups is 1. The maximum Gasteiger partial charge on any atom is 0.410 e. The van der Waals surface area contributed by atoms with Gasteiger partial charge in [0.15, 0.2) is 5.12 Å². The fraction of sp³-hybridized carbons (Fsp3) is 0.500. The number of ether oxygens (including phenoxy) is 1. The van der Waals surface area contributed by atoms with Crippen LogP contribution >= 0.6 is 59.2 Å². The van der Waals surface area contributed by atoms with Crippen LogP contribution in [-0.4, -0.2) is 72.4 Å². The number of halogens is 3. The van der Waals surface area contributed by atoms with Crippen molar-refractivity contribution in [1.29, 1.82) is 0 Å². The van der Waals surface area contributed by atoms with Crippen LogP contribution in [0.5, 0.6) is 0 Å². The Morgan fingerprint density at radius 2 is 1.82 bits per heavy atom. The predicted octanol–water partition coefficient (Wildman–Crippen LogP) is 3.16. The van der Waals surface area contributed by atoms with E-state index < -0.39 is 49.9 Å². The Balaban J connectivity index is 1.99. The third kappa shape index (κ3) is 10.2. The third-order valence-corrected chi connectivity index (χ3v) is 8.01. The van der Waals surface area contributed by atoms with Gasteiger partial charge < -0.3 is 20.3 Å². The van der Waals surface area contributed by atoms with E-state index in [1.54, 1.807) is 12.2 Å². The molecule has 2 unspecified atom stereocenters. The largest absolute Gasteiger partial charge is 0.445 e. The van der Waals surface area contributed by atoms with Crippen molar-refractivity contribution in [1.82, 2.24) is 20.9 Å². The van der Waals surface area contributed by atoms with E-state index in [1.165, 1.54) is 36.1 Å². The number of nitro groups is 1. The first-order valence-electron chi connectivity index (χ1n) is 11.6. The number of nitro benzene ring substituents is 1. The third-order valence-electron chi connectivity index (χ3n) is 5.70. The Kier molecular flexibility index (Phi) is 12.6. The van der Waals surface area contributed by atoms with Gasteiger partial charge in [-0.1, -0.05) is 53.5 Å². The molecular formula is C22H26Cl3N5O8S2. The number of likely N-dealkylation sites (tertiary alicyclic amines) is 1. The summed E-state index contributed by atoms with van der Waals surface area (Å²) in [6.07, 6.45) is -0.332. The second kappa shape index (κ2) is 15.0. The molecule has 0 aromatic heterocycles. The van der Waals surface area contributed by atoms with Crippen molar-refractivity contribution in [2.75, 3.05) is 13.2 Å². The minimum atomic E-state index is -2.34. The molecule has 1 aromatic rings. The lowest BCUT2D eigenvalue weighted by atomic mass is 9.98. The van der Waals surface area contributed by atoms with E-state index in [-0.39, 0.29) is 35.9 Å². The zero-order chi connectivity index (χ0) is 30.2. The molecule has 1 aromatic carbocycles. The van der Waals surface area contributed by atoms with Crippen molar-refractivity contribution in [2.24, 2.45) is 5.92 Å². The second-order valence-corrected chi connectivity index (χ2v) is 13.0. The van der Waals surface area contributed by atoms with Crippen molar-refractivity contribution in [3.63, 3.8) is 0 Å². The first-order valence-corrected chi connectivity index (χ1v) is 14.1. The highest BCUT2D eigenvalue weighted by atomic mass is 35.6. The van der Waals surface area contributed by atoms with E-state index in [0.29, 0.717) is 12.0 Å². The lowest BCUT2D eigenvalue weighted by Gasteiger charge is -2.31. The van der Waals surface area contributed by atoms with Crippen LogP contribution in [0.1, 0.15) is 25.8 Å². The fourth-order valence-corrected chi connectivity index (χ4v) is 5.26. The average Bonchev–Trinajstić information content (AvgIpc) is 3.29. The normalized spacial score (nSPS) is 18.3. The van der Waals surface area contributed by atoms with Gasteiger partial charge >= 0.3 is 12.1 Å². The summed E-state index contributed by atoms with van der Waals surface area (Å²) in [4.78, 5) is 72.3. The number of imide groups is 1. The number of thiol groups is 1. The Hall–Kier alpha value is -2.46. The number of nitrogens with zero attached hydrogens (tertiary/aromatic N) is 2. The monoisotopic (exact) mass is 657 g/mol. The molecule has 3 N–H and O–H groups in total. The molecular weight excluding hydrogens is 633 g/mol. The number of carbonyl (C=O) groups is 5. The van der Waals surface area contributed by atoms with Crippen LogP contribution in [0.4, 0.5) is 15.3 Å². The molecule has 0 aliphatic carbocycles. The highest BCUT2D eigenvalue weighted by Gasteiger charge is 2.43. The maximum absolute atomic E-state index is 13.0. The smallest absolute Gasteiger partial charge is 0.410 e. The van der Waals surface area contributed by atoms with Gasteiger partial charge in [0.25, 0.3) is 15.4 Å². The molecule has 2 rings (SSSR count). The summed E-state index contributed by atoms with van der Waals surface area (Å²) in [5.74, 6) is -2.47. The summed E-state index contributed by atoms with van der Waals surface area (Å²) in [6.45, 7) is 2.65. The molecule has 0 bridgehead atoms. The lowest BCUT2D eigenvalue weighted by Crippen LogP contribution is -2.50. The van der Waals surface area contributed by atoms with Crippen LogP contribution in [0.3, 0.4) is 0 Å². The second-order valence-electron chi connectivity index (χ2n) is 8.62. The first kappa shape index (κ1) is 33.7. The number of non-ortho nitro benzene ring substituents is 1. The molecule has 220 valence electrons. The van der Waals surface area contributed by atoms with Gasteiger partial charge in [-0.25, -0.2) is 9.59 Å². The standard InChI is InChI=1S/C22H26Cl3N5O8S2/c1-11(18(32)26-10-27-20(34)28-19(33)22(23,24)25)17(39)16-7-15(40-12(2)31)8-29(16)21(35)38-9-13-3-5-14(6-4-13)30(36)37/h3-6,11,15-17,39H,7-10H2,1-2H3,(H,26,32)(H2,27,28,33,34)/t11?,15-,16+,17?/m1/s1. The van der Waals surface area contributed by atoms with Crippen molar-refractivity contribution >= 4 is 93.9 Å². The Bertz CT molecular complexity index is 1140. The van der Waals surface area contributed by atoms with Gasteiger partial charge in [0.1, 0.15) is 6.61 Å². The van der Waals surface area contributed by atoms with E-state index in [2.05, 4.69) is 23.3 Å². The Morgan fingerprint density at radius 1 is 1.20 bits per heavy atom. The van der Waals surface area contributed by atoms with E-state index in [9.17, 15) is 34.1 Å². The topological polar surface area (TPSA) is 177 Å². The van der Waals surface area contributed by atoms with Crippen molar-refractivity contribution in [2.45, 2.75) is 47.2 Å². The van der Waals surface area contributed by atoms with E-state index in [0.717, 1.165) is 11.8 Å². The summed E-state index contributed by atoms with van der Waals surface area (Å²) >= 11 is 21.8. The summed E-state index contributed by atoms with van der Waals surface area (Å²) in [5, 5.41) is 16.2. The number of benzene rings is 1. The Labute approximate surface area is 253 Å². The quantitative estimate of drug-likeness (QED) is 0.102. The van der Waals surface area contributed by atoms with E-state index in [4.69, 9.17) is 39.5 Å². The first-order chi connectivity index (χ1) is 18.6. The van der Waals surface area contributed by atoms with Gasteiger partial charge in [-0.15, -0.1) is 0 Å². The zero-order valence-electron chi connectivity index (χ0n) is 21.1. The molecule has 1 saturated heterocycles. The highest BCUT2D eigenvalue weighted by molar-refractivity contribution is 8.14. The molecule has 1 fully saturated rings. The van der Waals surface area contributed by atoms with Crippen molar-refractivity contribution in [3.8, 4) is 0 Å². The molecule has 1 heterocycles. The van der Waals surface area contributed by atoms with Crippen LogP contribution in [0.15, 0.2) is 24.3 Å². The number of amides is 5. The molecule has 18 heteroatoms. The number of rotatable bonds is 9. The summed E-state index contributed by atoms with van der Waals surface area (Å²) < 4.78 is 3.07. The number of urea groups is 1. The molecule has 1 aliphatic heterocycles. The van der Waals surface area contributed by atoms with Gasteiger partial charge in [0.05, 0.1) is 11.6 Å². The van der Waals surface area contributed by atoms with Gasteiger partial charge in [-0.05, 0) is 24.1 Å². The summed E-state index contributed by atoms with van der Waals surface area (Å²) in [6, 6.07) is 3.94. The fourth-order valence-electron chi connectivity index (χ4n) is 3.70. The minimum Gasteiger partial charge on any atom is -0.445 e. The number of nitrogens with one attached hydrogen (secondary N) is 3. The molecule has 0 radical (unpaired) electrons. The summed E-state index contributed by atoms with van der Waals surface area (Å²) in [7, 11) is 0. The molecule has 0 saturated carbocycles. The number of alkyl halides is 3. The van der Waals surface area contributed by atoms with Gasteiger partial charge in [0.2, 0.25) is 5.91 Å². The number of hydrogen-bond acceptors (Lipinski definition) is 10. The molecule has 5 amide bonds. The zero-order valence-corrected chi connectivity index (χ0v) is 25.1. The van der Waals surface area contributed by atoms with Crippen LogP contribution in [0, 0.1) is 16.0 Å². The Morgan fingerprint density at radius 3 is 2.38 bits per heavy atom. The minimum absolute atomic E-state index is 0.101.